The van der Waals surface area contributed by atoms with E-state index >= 15 is 0 Å². The SMILES string of the molecule is CC(CCCO)NC(=O)C1CSC(=O)N1. The summed E-state index contributed by atoms with van der Waals surface area (Å²) < 4.78 is 0. The summed E-state index contributed by atoms with van der Waals surface area (Å²) >= 11 is 1.13. The Morgan fingerprint density at radius 2 is 2.53 bits per heavy atom. The molecule has 2 atom stereocenters. The Balaban J connectivity index is 2.25. The van der Waals surface area contributed by atoms with Crippen molar-refractivity contribution in [3.05, 3.63) is 0 Å². The van der Waals surface area contributed by atoms with Gasteiger partial charge in [-0.3, -0.25) is 9.59 Å². The first-order valence-corrected chi connectivity index (χ1v) is 5.96. The molecule has 1 heterocycles. The predicted octanol–water partition coefficient (Wildman–Crippen LogP) is 0.0886. The van der Waals surface area contributed by atoms with Gasteiger partial charge in [0.1, 0.15) is 6.04 Å². The van der Waals surface area contributed by atoms with E-state index in [0.29, 0.717) is 12.2 Å². The topological polar surface area (TPSA) is 78.4 Å². The van der Waals surface area contributed by atoms with Gasteiger partial charge in [0.05, 0.1) is 0 Å². The van der Waals surface area contributed by atoms with Crippen molar-refractivity contribution < 1.29 is 14.7 Å². The van der Waals surface area contributed by atoms with Crippen LogP contribution >= 0.6 is 11.8 Å². The molecule has 1 aliphatic heterocycles. The fourth-order valence-electron chi connectivity index (χ4n) is 1.34. The third kappa shape index (κ3) is 4.09. The van der Waals surface area contributed by atoms with Crippen molar-refractivity contribution in [1.82, 2.24) is 10.6 Å². The van der Waals surface area contributed by atoms with Gasteiger partial charge in [-0.15, -0.1) is 0 Å². The Hall–Kier alpha value is -0.750. The lowest BCUT2D eigenvalue weighted by Crippen LogP contribution is -2.46. The van der Waals surface area contributed by atoms with Crippen LogP contribution in [0.15, 0.2) is 0 Å². The number of aliphatic hydroxyl groups excluding tert-OH is 1. The van der Waals surface area contributed by atoms with Gasteiger partial charge in [0.2, 0.25) is 5.91 Å². The first-order chi connectivity index (χ1) is 7.13. The van der Waals surface area contributed by atoms with E-state index in [4.69, 9.17) is 5.11 Å². The molecule has 0 aromatic carbocycles. The third-order valence-corrected chi connectivity index (χ3v) is 3.05. The van der Waals surface area contributed by atoms with Crippen molar-refractivity contribution in [2.75, 3.05) is 12.4 Å². The zero-order valence-corrected chi connectivity index (χ0v) is 9.47. The van der Waals surface area contributed by atoms with Crippen LogP contribution in [0.5, 0.6) is 0 Å². The molecule has 0 radical (unpaired) electrons. The number of thioether (sulfide) groups is 1. The van der Waals surface area contributed by atoms with Crippen LogP contribution in [0, 0.1) is 0 Å². The summed E-state index contributed by atoms with van der Waals surface area (Å²) in [5.41, 5.74) is 0. The summed E-state index contributed by atoms with van der Waals surface area (Å²) in [6.45, 7) is 2.02. The van der Waals surface area contributed by atoms with E-state index in [9.17, 15) is 9.59 Å². The van der Waals surface area contributed by atoms with Gasteiger partial charge in [-0.1, -0.05) is 11.8 Å². The fourth-order valence-corrected chi connectivity index (χ4v) is 2.12. The molecule has 15 heavy (non-hydrogen) atoms. The van der Waals surface area contributed by atoms with Crippen molar-refractivity contribution >= 4 is 22.9 Å². The van der Waals surface area contributed by atoms with Gasteiger partial charge in [0, 0.05) is 18.4 Å². The van der Waals surface area contributed by atoms with E-state index in [2.05, 4.69) is 10.6 Å². The Labute approximate surface area is 93.0 Å². The van der Waals surface area contributed by atoms with Gasteiger partial charge < -0.3 is 15.7 Å². The highest BCUT2D eigenvalue weighted by Gasteiger charge is 2.28. The van der Waals surface area contributed by atoms with Crippen LogP contribution < -0.4 is 10.6 Å². The quantitative estimate of drug-likeness (QED) is 0.627. The lowest BCUT2D eigenvalue weighted by molar-refractivity contribution is -0.122. The average molecular weight is 232 g/mol. The minimum atomic E-state index is -0.404. The standard InChI is InChI=1S/C9H16N2O3S/c1-6(3-2-4-12)10-8(13)7-5-15-9(14)11-7/h6-7,12H,2-5H2,1H3,(H,10,13)(H,11,14). The highest BCUT2D eigenvalue weighted by Crippen LogP contribution is 2.13. The molecular formula is C9H16N2O3S. The van der Waals surface area contributed by atoms with E-state index in [0.717, 1.165) is 18.2 Å². The summed E-state index contributed by atoms with van der Waals surface area (Å²) in [6, 6.07) is -0.369. The van der Waals surface area contributed by atoms with Crippen molar-refractivity contribution in [2.24, 2.45) is 0 Å². The van der Waals surface area contributed by atoms with Crippen LogP contribution in [0.1, 0.15) is 19.8 Å². The summed E-state index contributed by atoms with van der Waals surface area (Å²) in [4.78, 5) is 22.4. The minimum absolute atomic E-state index is 0.0344. The van der Waals surface area contributed by atoms with E-state index in [1.165, 1.54) is 0 Å². The van der Waals surface area contributed by atoms with E-state index in [1.807, 2.05) is 6.92 Å². The number of carbonyl (C=O) groups is 2. The van der Waals surface area contributed by atoms with Gasteiger partial charge in [-0.05, 0) is 19.8 Å². The lowest BCUT2D eigenvalue weighted by Gasteiger charge is -2.16. The second-order valence-corrected chi connectivity index (χ2v) is 4.56. The molecule has 0 spiro atoms. The number of hydrogen-bond donors (Lipinski definition) is 3. The predicted molar refractivity (Wildman–Crippen MR) is 58.7 cm³/mol. The molecule has 1 saturated heterocycles. The molecule has 0 bridgehead atoms. The fraction of sp³-hybridized carbons (Fsp3) is 0.778. The smallest absolute Gasteiger partial charge is 0.279 e. The monoisotopic (exact) mass is 232 g/mol. The van der Waals surface area contributed by atoms with Crippen LogP contribution in [-0.4, -0.2) is 40.7 Å². The van der Waals surface area contributed by atoms with E-state index in [-0.39, 0.29) is 23.8 Å². The van der Waals surface area contributed by atoms with Gasteiger partial charge in [-0.2, -0.15) is 0 Å². The van der Waals surface area contributed by atoms with Crippen molar-refractivity contribution in [3.63, 3.8) is 0 Å². The van der Waals surface area contributed by atoms with Crippen LogP contribution in [0.3, 0.4) is 0 Å². The van der Waals surface area contributed by atoms with Gasteiger partial charge in [0.15, 0.2) is 0 Å². The molecule has 2 unspecified atom stereocenters. The molecule has 0 aromatic heterocycles. The highest BCUT2D eigenvalue weighted by molar-refractivity contribution is 8.14. The maximum absolute atomic E-state index is 11.6. The number of aliphatic hydroxyl groups is 1. The molecule has 0 aliphatic carbocycles. The number of rotatable bonds is 5. The zero-order valence-electron chi connectivity index (χ0n) is 8.66. The first-order valence-electron chi connectivity index (χ1n) is 4.98. The number of hydrogen-bond acceptors (Lipinski definition) is 4. The van der Waals surface area contributed by atoms with Crippen LogP contribution in [0.4, 0.5) is 4.79 Å². The Morgan fingerprint density at radius 3 is 3.07 bits per heavy atom. The summed E-state index contributed by atoms with van der Waals surface area (Å²) in [5.74, 6) is 0.357. The van der Waals surface area contributed by atoms with Crippen LogP contribution in [-0.2, 0) is 4.79 Å². The largest absolute Gasteiger partial charge is 0.396 e. The summed E-state index contributed by atoms with van der Waals surface area (Å²) in [6.07, 6.45) is 1.42. The molecule has 86 valence electrons. The molecule has 1 aliphatic rings. The minimum Gasteiger partial charge on any atom is -0.396 e. The normalized spacial score (nSPS) is 22.3. The Kier molecular flexibility index (Phi) is 4.90. The Bertz CT molecular complexity index is 248. The molecule has 2 amide bonds. The molecular weight excluding hydrogens is 216 g/mol. The number of amides is 2. The molecule has 1 fully saturated rings. The summed E-state index contributed by atoms with van der Waals surface area (Å²) in [5, 5.41) is 13.9. The molecule has 1 rings (SSSR count). The maximum Gasteiger partial charge on any atom is 0.279 e. The average Bonchev–Trinajstić information content (AvgIpc) is 2.61. The van der Waals surface area contributed by atoms with Crippen molar-refractivity contribution in [2.45, 2.75) is 31.8 Å². The molecule has 3 N–H and O–H groups in total. The molecule has 0 saturated carbocycles. The second-order valence-electron chi connectivity index (χ2n) is 3.57. The Morgan fingerprint density at radius 1 is 1.80 bits per heavy atom. The number of carbonyl (C=O) groups excluding carboxylic acids is 2. The third-order valence-electron chi connectivity index (χ3n) is 2.17. The van der Waals surface area contributed by atoms with Gasteiger partial charge in [-0.25, -0.2) is 0 Å². The lowest BCUT2D eigenvalue weighted by atomic mass is 10.2. The molecule has 6 heteroatoms. The summed E-state index contributed by atoms with van der Waals surface area (Å²) in [7, 11) is 0. The maximum atomic E-state index is 11.6. The second kappa shape index (κ2) is 5.97. The van der Waals surface area contributed by atoms with Gasteiger partial charge >= 0.3 is 0 Å². The van der Waals surface area contributed by atoms with Crippen molar-refractivity contribution in [3.8, 4) is 0 Å². The van der Waals surface area contributed by atoms with E-state index in [1.54, 1.807) is 0 Å². The highest BCUT2D eigenvalue weighted by atomic mass is 32.2. The van der Waals surface area contributed by atoms with Crippen LogP contribution in [0.2, 0.25) is 0 Å². The van der Waals surface area contributed by atoms with Gasteiger partial charge in [0.25, 0.3) is 5.24 Å². The molecule has 5 nitrogen and oxygen atoms in total. The zero-order chi connectivity index (χ0) is 11.3. The molecule has 0 aromatic rings. The first kappa shape index (κ1) is 12.3. The number of nitrogens with one attached hydrogen (secondary N) is 2. The van der Waals surface area contributed by atoms with Crippen molar-refractivity contribution in [1.29, 1.82) is 0 Å². The van der Waals surface area contributed by atoms with Crippen LogP contribution in [0.25, 0.3) is 0 Å². The van der Waals surface area contributed by atoms with E-state index < -0.39 is 6.04 Å².